The van der Waals surface area contributed by atoms with Gasteiger partial charge in [0.1, 0.15) is 0 Å². The minimum atomic E-state index is -0.336. The van der Waals surface area contributed by atoms with Gasteiger partial charge in [-0.05, 0) is 6.07 Å². The summed E-state index contributed by atoms with van der Waals surface area (Å²) in [6, 6.07) is 6.80. The van der Waals surface area contributed by atoms with E-state index in [2.05, 4.69) is 10.2 Å². The van der Waals surface area contributed by atoms with Crippen molar-refractivity contribution in [2.45, 2.75) is 6.42 Å². The minimum absolute atomic E-state index is 0.0565. The highest BCUT2D eigenvalue weighted by Gasteiger charge is 2.18. The molecule has 1 aromatic carbocycles. The monoisotopic (exact) mass is 302 g/mol. The van der Waals surface area contributed by atoms with Crippen LogP contribution in [0.4, 0.5) is 0 Å². The van der Waals surface area contributed by atoms with Crippen LogP contribution in [0.2, 0.25) is 0 Å². The first-order chi connectivity index (χ1) is 10.4. The van der Waals surface area contributed by atoms with Gasteiger partial charge in [-0.1, -0.05) is 18.2 Å². The quantitative estimate of drug-likeness (QED) is 0.889. The molecular formula is C15H18N4O3. The smallest absolute Gasteiger partial charge is 0.274 e. The Labute approximate surface area is 127 Å². The van der Waals surface area contributed by atoms with Gasteiger partial charge in [-0.2, -0.15) is 5.10 Å². The Morgan fingerprint density at radius 2 is 1.77 bits per heavy atom. The van der Waals surface area contributed by atoms with Crippen LogP contribution in [0.3, 0.4) is 0 Å². The normalized spacial score (nSPS) is 10.5. The van der Waals surface area contributed by atoms with E-state index in [4.69, 9.17) is 0 Å². The van der Waals surface area contributed by atoms with E-state index in [1.807, 2.05) is 0 Å². The van der Waals surface area contributed by atoms with Gasteiger partial charge >= 0.3 is 0 Å². The summed E-state index contributed by atoms with van der Waals surface area (Å²) in [6.07, 6.45) is 0.233. The molecule has 7 nitrogen and oxygen atoms in total. The zero-order chi connectivity index (χ0) is 16.3. The average Bonchev–Trinajstić information content (AvgIpc) is 2.52. The Balaban J connectivity index is 2.25. The van der Waals surface area contributed by atoms with Gasteiger partial charge in [0.15, 0.2) is 5.69 Å². The number of carbonyl (C=O) groups is 2. The molecule has 0 bridgehead atoms. The number of rotatable bonds is 4. The lowest BCUT2D eigenvalue weighted by molar-refractivity contribution is -0.128. The fraction of sp³-hybridized carbons (Fsp3) is 0.333. The molecule has 0 aliphatic heterocycles. The molecule has 2 amide bonds. The number of nitrogens with one attached hydrogen (secondary N) is 1. The number of H-pyrrole nitrogens is 1. The van der Waals surface area contributed by atoms with Gasteiger partial charge in [0.05, 0.1) is 5.39 Å². The predicted octanol–water partition coefficient (Wildman–Crippen LogP) is 0.473. The summed E-state index contributed by atoms with van der Waals surface area (Å²) in [4.78, 5) is 38.7. The van der Waals surface area contributed by atoms with Crippen LogP contribution in [-0.2, 0) is 4.79 Å². The van der Waals surface area contributed by atoms with Gasteiger partial charge in [-0.15, -0.1) is 0 Å². The number of nitrogens with zero attached hydrogens (tertiary/aromatic N) is 3. The third kappa shape index (κ3) is 3.13. The number of hydrogen-bond acceptors (Lipinski definition) is 4. The summed E-state index contributed by atoms with van der Waals surface area (Å²) in [5, 5.41) is 7.12. The molecule has 22 heavy (non-hydrogen) atoms. The van der Waals surface area contributed by atoms with Crippen LogP contribution in [0.1, 0.15) is 16.9 Å². The molecule has 0 aliphatic carbocycles. The van der Waals surface area contributed by atoms with Crippen molar-refractivity contribution in [1.29, 1.82) is 0 Å². The number of carbonyl (C=O) groups excluding carboxylic acids is 2. The van der Waals surface area contributed by atoms with E-state index in [1.54, 1.807) is 45.4 Å². The highest BCUT2D eigenvalue weighted by molar-refractivity contribution is 6.04. The topological polar surface area (TPSA) is 86.4 Å². The molecule has 1 N–H and O–H groups in total. The number of benzene rings is 1. The van der Waals surface area contributed by atoms with Gasteiger partial charge in [-0.3, -0.25) is 14.4 Å². The maximum Gasteiger partial charge on any atom is 0.274 e. The van der Waals surface area contributed by atoms with Crippen molar-refractivity contribution in [3.8, 4) is 0 Å². The molecule has 0 spiro atoms. The molecule has 2 rings (SSSR count). The van der Waals surface area contributed by atoms with Crippen LogP contribution >= 0.6 is 0 Å². The van der Waals surface area contributed by atoms with Crippen molar-refractivity contribution in [3.63, 3.8) is 0 Å². The second-order valence-electron chi connectivity index (χ2n) is 5.21. The van der Waals surface area contributed by atoms with Crippen LogP contribution in [0.15, 0.2) is 29.1 Å². The Morgan fingerprint density at radius 3 is 2.41 bits per heavy atom. The Hall–Kier alpha value is -2.70. The van der Waals surface area contributed by atoms with Gasteiger partial charge in [0.25, 0.3) is 11.5 Å². The van der Waals surface area contributed by atoms with Crippen LogP contribution in [0.5, 0.6) is 0 Å². The molecule has 1 heterocycles. The fourth-order valence-corrected chi connectivity index (χ4v) is 2.05. The van der Waals surface area contributed by atoms with Crippen LogP contribution in [0.25, 0.3) is 10.8 Å². The van der Waals surface area contributed by atoms with E-state index in [1.165, 1.54) is 9.80 Å². The molecule has 0 unspecified atom stereocenters. The van der Waals surface area contributed by atoms with Crippen molar-refractivity contribution in [2.75, 3.05) is 27.7 Å². The molecule has 0 radical (unpaired) electrons. The summed E-state index contributed by atoms with van der Waals surface area (Å²) in [5.74, 6) is -0.391. The number of aromatic nitrogens is 2. The van der Waals surface area contributed by atoms with Crippen molar-refractivity contribution in [1.82, 2.24) is 20.0 Å². The Bertz CT molecular complexity index is 767. The molecular weight excluding hydrogens is 284 g/mol. The largest absolute Gasteiger partial charge is 0.349 e. The van der Waals surface area contributed by atoms with Crippen molar-refractivity contribution < 1.29 is 9.59 Å². The first kappa shape index (κ1) is 15.7. The number of aromatic amines is 1. The molecule has 1 aromatic heterocycles. The van der Waals surface area contributed by atoms with Crippen LogP contribution in [0, 0.1) is 0 Å². The Kier molecular flexibility index (Phi) is 4.55. The zero-order valence-corrected chi connectivity index (χ0v) is 12.8. The lowest BCUT2D eigenvalue weighted by atomic mass is 10.1. The third-order valence-electron chi connectivity index (χ3n) is 3.41. The highest BCUT2D eigenvalue weighted by atomic mass is 16.2. The van der Waals surface area contributed by atoms with Gasteiger partial charge in [-0.25, -0.2) is 5.10 Å². The van der Waals surface area contributed by atoms with Crippen molar-refractivity contribution >= 4 is 22.6 Å². The first-order valence-corrected chi connectivity index (χ1v) is 6.85. The molecule has 2 aromatic rings. The molecule has 7 heteroatoms. The standard InChI is InChI=1S/C15H18N4O3/c1-18(2)12(20)8-9-19(3)15(22)13-10-6-4-5-7-11(10)14(21)17-16-13/h4-7H,8-9H2,1-3H3,(H,17,21). The molecule has 0 saturated carbocycles. The predicted molar refractivity (Wildman–Crippen MR) is 82.6 cm³/mol. The summed E-state index contributed by atoms with van der Waals surface area (Å²) >= 11 is 0. The molecule has 0 fully saturated rings. The van der Waals surface area contributed by atoms with E-state index in [-0.39, 0.29) is 36.0 Å². The summed E-state index contributed by atoms with van der Waals surface area (Å²) in [5.41, 5.74) is -0.160. The summed E-state index contributed by atoms with van der Waals surface area (Å²) in [6.45, 7) is 0.283. The van der Waals surface area contributed by atoms with E-state index in [0.717, 1.165) is 0 Å². The summed E-state index contributed by atoms with van der Waals surface area (Å²) in [7, 11) is 4.94. The molecule has 0 aliphatic rings. The van der Waals surface area contributed by atoms with E-state index in [9.17, 15) is 14.4 Å². The minimum Gasteiger partial charge on any atom is -0.349 e. The lowest BCUT2D eigenvalue weighted by Crippen LogP contribution is -2.33. The number of fused-ring (bicyclic) bond motifs is 1. The van der Waals surface area contributed by atoms with Crippen LogP contribution < -0.4 is 5.56 Å². The SMILES string of the molecule is CN(C)C(=O)CCN(C)C(=O)c1n[nH]c(=O)c2ccccc12. The maximum atomic E-state index is 12.5. The highest BCUT2D eigenvalue weighted by Crippen LogP contribution is 2.14. The summed E-state index contributed by atoms with van der Waals surface area (Å²) < 4.78 is 0. The average molecular weight is 302 g/mol. The van der Waals surface area contributed by atoms with Gasteiger partial charge in [0.2, 0.25) is 5.91 Å². The van der Waals surface area contributed by atoms with E-state index in [0.29, 0.717) is 10.8 Å². The van der Waals surface area contributed by atoms with Gasteiger partial charge < -0.3 is 9.80 Å². The maximum absolute atomic E-state index is 12.5. The Morgan fingerprint density at radius 1 is 1.14 bits per heavy atom. The van der Waals surface area contributed by atoms with E-state index >= 15 is 0 Å². The molecule has 0 saturated heterocycles. The first-order valence-electron chi connectivity index (χ1n) is 6.85. The zero-order valence-electron chi connectivity index (χ0n) is 12.8. The lowest BCUT2D eigenvalue weighted by Gasteiger charge is -2.18. The fourth-order valence-electron chi connectivity index (χ4n) is 2.05. The van der Waals surface area contributed by atoms with Crippen molar-refractivity contribution in [2.24, 2.45) is 0 Å². The molecule has 0 atom stereocenters. The van der Waals surface area contributed by atoms with E-state index < -0.39 is 0 Å². The van der Waals surface area contributed by atoms with Crippen LogP contribution in [-0.4, -0.2) is 59.5 Å². The third-order valence-corrected chi connectivity index (χ3v) is 3.41. The second kappa shape index (κ2) is 6.38. The molecule has 116 valence electrons. The second-order valence-corrected chi connectivity index (χ2v) is 5.21. The number of amides is 2. The number of hydrogen-bond donors (Lipinski definition) is 1. The van der Waals surface area contributed by atoms with Gasteiger partial charge in [0, 0.05) is 39.5 Å². The van der Waals surface area contributed by atoms with Crippen molar-refractivity contribution in [3.05, 3.63) is 40.3 Å².